The first-order valence-electron chi connectivity index (χ1n) is 26.2. The molecule has 0 aromatic carbocycles. The molecule has 0 bridgehead atoms. The number of carbonyl (C=O) groups is 2. The zero-order chi connectivity index (χ0) is 43.5. The molecule has 0 radical (unpaired) electrons. The lowest BCUT2D eigenvalue weighted by molar-refractivity contribution is -0.163. The minimum Gasteiger partial charge on any atom is -0.462 e. The highest BCUT2D eigenvalue weighted by Crippen LogP contribution is 2.14. The molecule has 0 aliphatic rings. The van der Waals surface area contributed by atoms with Crippen molar-refractivity contribution < 1.29 is 23.8 Å². The van der Waals surface area contributed by atoms with Gasteiger partial charge in [-0.15, -0.1) is 0 Å². The number of ether oxygens (including phenoxy) is 3. The van der Waals surface area contributed by atoms with E-state index in [9.17, 15) is 9.59 Å². The Bertz CT molecular complexity index is 997. The highest BCUT2D eigenvalue weighted by molar-refractivity contribution is 5.70. The molecule has 0 aliphatic heterocycles. The van der Waals surface area contributed by atoms with E-state index in [0.29, 0.717) is 19.4 Å². The summed E-state index contributed by atoms with van der Waals surface area (Å²) in [6, 6.07) is 0. The second kappa shape index (κ2) is 51.2. The van der Waals surface area contributed by atoms with Crippen molar-refractivity contribution in [2.75, 3.05) is 19.8 Å². The summed E-state index contributed by atoms with van der Waals surface area (Å²) in [5, 5.41) is 0. The van der Waals surface area contributed by atoms with E-state index < -0.39 is 6.10 Å². The first kappa shape index (κ1) is 57.9. The molecule has 0 saturated heterocycles. The van der Waals surface area contributed by atoms with Gasteiger partial charge in [0.25, 0.3) is 0 Å². The molecule has 0 aromatic rings. The van der Waals surface area contributed by atoms with Crippen LogP contribution in [-0.2, 0) is 23.8 Å². The van der Waals surface area contributed by atoms with E-state index in [4.69, 9.17) is 14.2 Å². The predicted octanol–water partition coefficient (Wildman–Crippen LogP) is 17.6. The number of unbranched alkanes of at least 4 members (excludes halogenated alkanes) is 29. The summed E-state index contributed by atoms with van der Waals surface area (Å²) in [7, 11) is 0. The van der Waals surface area contributed by atoms with Crippen molar-refractivity contribution in [3.63, 3.8) is 0 Å². The highest BCUT2D eigenvalue weighted by atomic mass is 16.6. The summed E-state index contributed by atoms with van der Waals surface area (Å²) < 4.78 is 17.4. The van der Waals surface area contributed by atoms with Crippen LogP contribution >= 0.6 is 0 Å². The molecule has 0 fully saturated rings. The minimum atomic E-state index is -0.548. The number of carbonyl (C=O) groups excluding carboxylic acids is 2. The molecular weight excluding hydrogens is 741 g/mol. The summed E-state index contributed by atoms with van der Waals surface area (Å²) in [6.07, 6.45) is 62.6. The van der Waals surface area contributed by atoms with Crippen molar-refractivity contribution in [1.82, 2.24) is 0 Å². The third-order valence-corrected chi connectivity index (χ3v) is 11.3. The average molecular weight is 841 g/mol. The van der Waals surface area contributed by atoms with Gasteiger partial charge in [0.2, 0.25) is 0 Å². The van der Waals surface area contributed by atoms with E-state index in [1.54, 1.807) is 0 Å². The second-order valence-electron chi connectivity index (χ2n) is 17.4. The third kappa shape index (κ3) is 48.5. The Morgan fingerprint density at radius 3 is 1.18 bits per heavy atom. The zero-order valence-corrected chi connectivity index (χ0v) is 40.2. The molecule has 0 rings (SSSR count). The van der Waals surface area contributed by atoms with Crippen LogP contribution in [0.4, 0.5) is 0 Å². The quantitative estimate of drug-likeness (QED) is 0.0347. The van der Waals surface area contributed by atoms with Crippen LogP contribution in [0.5, 0.6) is 0 Å². The maximum Gasteiger partial charge on any atom is 0.306 e. The Morgan fingerprint density at radius 1 is 0.367 bits per heavy atom. The third-order valence-electron chi connectivity index (χ3n) is 11.3. The monoisotopic (exact) mass is 841 g/mol. The van der Waals surface area contributed by atoms with Crippen LogP contribution in [0.1, 0.15) is 265 Å². The summed E-state index contributed by atoms with van der Waals surface area (Å²) in [5.74, 6) is -0.419. The van der Waals surface area contributed by atoms with Crippen LogP contribution in [-0.4, -0.2) is 37.9 Å². The molecule has 0 amide bonds. The van der Waals surface area contributed by atoms with Gasteiger partial charge >= 0.3 is 11.9 Å². The van der Waals surface area contributed by atoms with Crippen molar-refractivity contribution in [2.45, 2.75) is 271 Å². The highest BCUT2D eigenvalue weighted by Gasteiger charge is 2.17. The summed E-state index contributed by atoms with van der Waals surface area (Å²) >= 11 is 0. The number of allylic oxidation sites excluding steroid dienone is 8. The lowest BCUT2D eigenvalue weighted by atomic mass is 10.1. The van der Waals surface area contributed by atoms with Crippen LogP contribution in [0, 0.1) is 0 Å². The fraction of sp³-hybridized carbons (Fsp3) is 0.818. The molecular formula is C55H100O5. The van der Waals surface area contributed by atoms with Crippen LogP contribution in [0.15, 0.2) is 48.6 Å². The molecule has 0 saturated carbocycles. The molecule has 5 nitrogen and oxygen atoms in total. The smallest absolute Gasteiger partial charge is 0.306 e. The van der Waals surface area contributed by atoms with Gasteiger partial charge in [-0.1, -0.05) is 204 Å². The lowest BCUT2D eigenvalue weighted by Crippen LogP contribution is -2.30. The van der Waals surface area contributed by atoms with Crippen molar-refractivity contribution in [1.29, 1.82) is 0 Å². The Kier molecular flexibility index (Phi) is 49.4. The van der Waals surface area contributed by atoms with E-state index in [0.717, 1.165) is 70.6 Å². The van der Waals surface area contributed by atoms with Gasteiger partial charge in [-0.25, -0.2) is 0 Å². The van der Waals surface area contributed by atoms with E-state index in [1.807, 2.05) is 0 Å². The van der Waals surface area contributed by atoms with Gasteiger partial charge in [-0.05, 0) is 96.3 Å². The van der Waals surface area contributed by atoms with Crippen LogP contribution < -0.4 is 0 Å². The van der Waals surface area contributed by atoms with Crippen LogP contribution in [0.25, 0.3) is 0 Å². The van der Waals surface area contributed by atoms with Gasteiger partial charge in [-0.2, -0.15) is 0 Å². The van der Waals surface area contributed by atoms with Gasteiger partial charge < -0.3 is 14.2 Å². The van der Waals surface area contributed by atoms with Crippen molar-refractivity contribution in [3.05, 3.63) is 48.6 Å². The maximum atomic E-state index is 12.8. The number of hydrogen-bond donors (Lipinski definition) is 0. The van der Waals surface area contributed by atoms with Crippen LogP contribution in [0.3, 0.4) is 0 Å². The van der Waals surface area contributed by atoms with Gasteiger partial charge in [0.15, 0.2) is 6.10 Å². The number of rotatable bonds is 48. The predicted molar refractivity (Wildman–Crippen MR) is 261 cm³/mol. The zero-order valence-electron chi connectivity index (χ0n) is 40.2. The summed E-state index contributed by atoms with van der Waals surface area (Å²) in [6.45, 7) is 7.74. The topological polar surface area (TPSA) is 61.8 Å². The molecule has 0 heterocycles. The van der Waals surface area contributed by atoms with Crippen molar-refractivity contribution in [2.24, 2.45) is 0 Å². The minimum absolute atomic E-state index is 0.0744. The van der Waals surface area contributed by atoms with Gasteiger partial charge in [0, 0.05) is 19.4 Å². The van der Waals surface area contributed by atoms with E-state index in [1.165, 1.54) is 161 Å². The lowest BCUT2D eigenvalue weighted by Gasteiger charge is -2.18. The molecule has 0 aromatic heterocycles. The summed E-state index contributed by atoms with van der Waals surface area (Å²) in [4.78, 5) is 25.4. The van der Waals surface area contributed by atoms with E-state index in [-0.39, 0.29) is 25.2 Å². The first-order chi connectivity index (χ1) is 29.6. The number of hydrogen-bond acceptors (Lipinski definition) is 5. The molecule has 0 aliphatic carbocycles. The molecule has 1 atom stereocenters. The Hall–Kier alpha value is -2.14. The van der Waals surface area contributed by atoms with Crippen molar-refractivity contribution in [3.8, 4) is 0 Å². The fourth-order valence-corrected chi connectivity index (χ4v) is 7.36. The van der Waals surface area contributed by atoms with Crippen molar-refractivity contribution >= 4 is 11.9 Å². The number of esters is 2. The molecule has 0 N–H and O–H groups in total. The molecule has 0 spiro atoms. The van der Waals surface area contributed by atoms with Gasteiger partial charge in [-0.3, -0.25) is 9.59 Å². The fourth-order valence-electron chi connectivity index (χ4n) is 7.36. The molecule has 60 heavy (non-hydrogen) atoms. The average Bonchev–Trinajstić information content (AvgIpc) is 3.25. The molecule has 5 heteroatoms. The standard InChI is InChI=1S/C55H100O5/c1-4-7-10-13-16-19-22-25-27-29-32-35-38-41-44-47-50-58-51-53(60-55(57)49-46-43-40-37-34-30-24-21-18-15-12-9-6-3)52-59-54(56)48-45-42-39-36-33-31-28-26-23-20-17-14-11-8-5-2/h12,15,21,24-28,53H,4-11,13-14,16-20,22-23,29-52H2,1-3H3/b15-12-,24-21-,27-25-,28-26-. The van der Waals surface area contributed by atoms with Crippen LogP contribution in [0.2, 0.25) is 0 Å². The summed E-state index contributed by atoms with van der Waals surface area (Å²) in [5.41, 5.74) is 0. The van der Waals surface area contributed by atoms with E-state index in [2.05, 4.69) is 69.4 Å². The largest absolute Gasteiger partial charge is 0.462 e. The SMILES string of the molecule is CCC/C=C\C/C=C\CCCCCCCC(=O)OC(COCCCCCCCC/C=C\CCCCCCCC)COC(=O)CCCCCCC/C=C\CCCCCCCC. The Balaban J connectivity index is 4.28. The second-order valence-corrected chi connectivity index (χ2v) is 17.4. The first-order valence-corrected chi connectivity index (χ1v) is 26.2. The van der Waals surface area contributed by atoms with E-state index >= 15 is 0 Å². The normalized spacial score (nSPS) is 12.5. The maximum absolute atomic E-state index is 12.8. The Labute approximate surface area is 373 Å². The van der Waals surface area contributed by atoms with Gasteiger partial charge in [0.1, 0.15) is 6.61 Å². The van der Waals surface area contributed by atoms with Gasteiger partial charge in [0.05, 0.1) is 6.61 Å². The molecule has 350 valence electrons. The molecule has 1 unspecified atom stereocenters. The Morgan fingerprint density at radius 2 is 0.733 bits per heavy atom.